The number of hydrogen-bond donors (Lipinski definition) is 1. The Hall–Kier alpha value is -3.27. The van der Waals surface area contributed by atoms with Crippen molar-refractivity contribution < 1.29 is 9.53 Å². The van der Waals surface area contributed by atoms with Crippen molar-refractivity contribution >= 4 is 17.3 Å². The molecule has 1 N–H and O–H groups in total. The van der Waals surface area contributed by atoms with Crippen LogP contribution in [0, 0.1) is 5.92 Å². The lowest BCUT2D eigenvalue weighted by molar-refractivity contribution is -0.0663. The van der Waals surface area contributed by atoms with Gasteiger partial charge in [-0.15, -0.1) is 0 Å². The van der Waals surface area contributed by atoms with Crippen LogP contribution < -0.4 is 10.2 Å². The molecule has 3 aromatic rings. The third kappa shape index (κ3) is 2.20. The van der Waals surface area contributed by atoms with Gasteiger partial charge < -0.3 is 15.0 Å². The van der Waals surface area contributed by atoms with Gasteiger partial charge in [0.05, 0.1) is 16.9 Å². The molecule has 7 rings (SSSR count). The van der Waals surface area contributed by atoms with Gasteiger partial charge in [0, 0.05) is 17.9 Å². The molecule has 0 radical (unpaired) electrons. The maximum absolute atomic E-state index is 13.2. The largest absolute Gasteiger partial charge is 0.431 e. The van der Waals surface area contributed by atoms with Gasteiger partial charge in [0.1, 0.15) is 5.66 Å². The monoisotopic (exact) mass is 422 g/mol. The highest BCUT2D eigenvalue weighted by Crippen LogP contribution is 2.65. The minimum absolute atomic E-state index is 0.207. The van der Waals surface area contributed by atoms with E-state index in [1.54, 1.807) is 0 Å². The first-order valence-corrected chi connectivity index (χ1v) is 11.8. The zero-order valence-corrected chi connectivity index (χ0v) is 18.0. The molecule has 0 amide bonds. The van der Waals surface area contributed by atoms with Crippen LogP contribution in [0.3, 0.4) is 0 Å². The molecule has 1 saturated heterocycles. The second kappa shape index (κ2) is 6.38. The highest BCUT2D eigenvalue weighted by atomic mass is 16.6. The Morgan fingerprint density at radius 2 is 1.69 bits per heavy atom. The molecule has 160 valence electrons. The Balaban J connectivity index is 1.52. The van der Waals surface area contributed by atoms with E-state index in [1.165, 1.54) is 24.8 Å². The maximum Gasteiger partial charge on any atom is 0.341 e. The van der Waals surface area contributed by atoms with E-state index in [0.29, 0.717) is 17.4 Å². The molecular weight excluding hydrogens is 396 g/mol. The molecule has 4 aliphatic rings. The van der Waals surface area contributed by atoms with Gasteiger partial charge in [-0.05, 0) is 48.9 Å². The first kappa shape index (κ1) is 18.3. The lowest BCUT2D eigenvalue weighted by atomic mass is 9.62. The second-order valence-corrected chi connectivity index (χ2v) is 9.69. The Morgan fingerprint density at radius 3 is 2.59 bits per heavy atom. The predicted molar refractivity (Wildman–Crippen MR) is 125 cm³/mol. The Morgan fingerprint density at radius 1 is 0.906 bits per heavy atom. The number of piperidine rings is 1. The van der Waals surface area contributed by atoms with Crippen molar-refractivity contribution in [2.75, 3.05) is 10.2 Å². The number of fused-ring (bicyclic) bond motifs is 5. The molecule has 3 aromatic carbocycles. The summed E-state index contributed by atoms with van der Waals surface area (Å²) >= 11 is 0. The molecule has 0 bridgehead atoms. The van der Waals surface area contributed by atoms with Crippen LogP contribution in [0.4, 0.5) is 11.4 Å². The summed E-state index contributed by atoms with van der Waals surface area (Å²) in [5.41, 5.74) is 4.28. The molecule has 32 heavy (non-hydrogen) atoms. The van der Waals surface area contributed by atoms with E-state index in [2.05, 4.69) is 70.9 Å². The minimum atomic E-state index is -0.804. The van der Waals surface area contributed by atoms with E-state index in [9.17, 15) is 4.79 Å². The van der Waals surface area contributed by atoms with Gasteiger partial charge in [0.25, 0.3) is 0 Å². The summed E-state index contributed by atoms with van der Waals surface area (Å²) in [6.45, 7) is 0. The Bertz CT molecular complexity index is 1220. The summed E-state index contributed by atoms with van der Waals surface area (Å²) in [5, 5.41) is 3.98. The molecule has 4 nitrogen and oxygen atoms in total. The normalized spacial score (nSPS) is 31.9. The summed E-state index contributed by atoms with van der Waals surface area (Å²) in [6, 6.07) is 27.4. The number of anilines is 2. The van der Waals surface area contributed by atoms with Crippen LogP contribution >= 0.6 is 0 Å². The molecule has 1 saturated carbocycles. The average Bonchev–Trinajstić information content (AvgIpc) is 3.32. The fourth-order valence-corrected chi connectivity index (χ4v) is 7.11. The van der Waals surface area contributed by atoms with Crippen LogP contribution in [0.15, 0.2) is 78.9 Å². The fourth-order valence-electron chi connectivity index (χ4n) is 7.11. The number of esters is 1. The summed E-state index contributed by atoms with van der Waals surface area (Å²) in [7, 11) is 0. The third-order valence-electron chi connectivity index (χ3n) is 8.23. The van der Waals surface area contributed by atoms with Crippen LogP contribution in [-0.2, 0) is 10.5 Å². The molecule has 4 atom stereocenters. The smallest absolute Gasteiger partial charge is 0.341 e. The standard InChI is InChI=1S/C28H26N2O2/c31-26-20-12-4-5-14-23(20)28(32-26)18-21(19-10-2-1-3-11-19)22-13-8-9-17-27(22)29-24-15-6-7-16-25(24)30(27)28/h1-7,10-12,14-16,21-22,29H,8-9,13,17-18H2/t21-,22+,27+,28-/m0/s1. The van der Waals surface area contributed by atoms with Crippen LogP contribution in [0.2, 0.25) is 0 Å². The number of ether oxygens (including phenoxy) is 1. The first-order chi connectivity index (χ1) is 15.7. The number of hydrogen-bond acceptors (Lipinski definition) is 4. The van der Waals surface area contributed by atoms with Gasteiger partial charge in [-0.25, -0.2) is 4.79 Å². The highest BCUT2D eigenvalue weighted by Gasteiger charge is 2.67. The van der Waals surface area contributed by atoms with Crippen molar-refractivity contribution in [2.45, 2.75) is 49.4 Å². The zero-order valence-electron chi connectivity index (χ0n) is 18.0. The molecule has 2 spiro atoms. The topological polar surface area (TPSA) is 41.6 Å². The van der Waals surface area contributed by atoms with E-state index < -0.39 is 5.72 Å². The average molecular weight is 423 g/mol. The fraction of sp³-hybridized carbons (Fsp3) is 0.321. The summed E-state index contributed by atoms with van der Waals surface area (Å²) in [4.78, 5) is 15.6. The molecule has 2 fully saturated rings. The van der Waals surface area contributed by atoms with Crippen LogP contribution in [0.5, 0.6) is 0 Å². The van der Waals surface area contributed by atoms with Crippen LogP contribution in [-0.4, -0.2) is 11.6 Å². The molecular formula is C28H26N2O2. The summed E-state index contributed by atoms with van der Waals surface area (Å²) < 4.78 is 6.47. The van der Waals surface area contributed by atoms with E-state index >= 15 is 0 Å². The van der Waals surface area contributed by atoms with Crippen molar-refractivity contribution in [2.24, 2.45) is 5.92 Å². The Labute approximate surface area is 188 Å². The number of carbonyl (C=O) groups excluding carboxylic acids is 1. The highest BCUT2D eigenvalue weighted by molar-refractivity contribution is 5.96. The molecule has 4 heteroatoms. The number of benzene rings is 3. The first-order valence-electron chi connectivity index (χ1n) is 11.8. The van der Waals surface area contributed by atoms with Crippen molar-refractivity contribution in [1.82, 2.24) is 0 Å². The van der Waals surface area contributed by atoms with E-state index in [0.717, 1.165) is 29.8 Å². The molecule has 3 aliphatic heterocycles. The minimum Gasteiger partial charge on any atom is -0.431 e. The van der Waals surface area contributed by atoms with E-state index in [4.69, 9.17) is 4.74 Å². The number of nitrogens with zero attached hydrogens (tertiary/aromatic N) is 1. The maximum atomic E-state index is 13.2. The van der Waals surface area contributed by atoms with Crippen LogP contribution in [0.25, 0.3) is 0 Å². The van der Waals surface area contributed by atoms with Gasteiger partial charge in [-0.2, -0.15) is 0 Å². The van der Waals surface area contributed by atoms with Crippen LogP contribution in [0.1, 0.15) is 59.5 Å². The lowest BCUT2D eigenvalue weighted by Gasteiger charge is -2.61. The van der Waals surface area contributed by atoms with Gasteiger partial charge in [0.15, 0.2) is 0 Å². The number of carbonyl (C=O) groups is 1. The van der Waals surface area contributed by atoms with Gasteiger partial charge >= 0.3 is 5.97 Å². The van der Waals surface area contributed by atoms with Gasteiger partial charge in [0.2, 0.25) is 5.72 Å². The van der Waals surface area contributed by atoms with Crippen molar-refractivity contribution in [3.63, 3.8) is 0 Å². The quantitative estimate of drug-likeness (QED) is 0.487. The number of rotatable bonds is 1. The Kier molecular flexibility index (Phi) is 3.65. The lowest BCUT2D eigenvalue weighted by Crippen LogP contribution is -2.69. The van der Waals surface area contributed by atoms with Gasteiger partial charge in [-0.1, -0.05) is 67.1 Å². The summed E-state index contributed by atoms with van der Waals surface area (Å²) in [6.07, 6.45) is 5.38. The number of para-hydroxylation sites is 2. The molecule has 1 aliphatic carbocycles. The molecule has 0 unspecified atom stereocenters. The van der Waals surface area contributed by atoms with Crippen molar-refractivity contribution in [3.05, 3.63) is 95.6 Å². The van der Waals surface area contributed by atoms with E-state index in [1.807, 2.05) is 18.2 Å². The zero-order chi connectivity index (χ0) is 21.3. The molecule has 3 heterocycles. The summed E-state index contributed by atoms with van der Waals surface area (Å²) in [5.74, 6) is 0.526. The SMILES string of the molecule is O=C1O[C@@]2(C[C@@H](c3ccccc3)[C@H]3CCCC[C@]34Nc3ccccc3N24)c2ccccc21. The number of nitrogens with one attached hydrogen (secondary N) is 1. The third-order valence-corrected chi connectivity index (χ3v) is 8.23. The van der Waals surface area contributed by atoms with Crippen molar-refractivity contribution in [1.29, 1.82) is 0 Å². The molecule has 0 aromatic heterocycles. The van der Waals surface area contributed by atoms with E-state index in [-0.39, 0.29) is 11.6 Å². The van der Waals surface area contributed by atoms with Crippen molar-refractivity contribution in [3.8, 4) is 0 Å². The predicted octanol–water partition coefficient (Wildman–Crippen LogP) is 6.02. The second-order valence-electron chi connectivity index (χ2n) is 9.69. The van der Waals surface area contributed by atoms with Gasteiger partial charge in [-0.3, -0.25) is 0 Å².